The van der Waals surface area contributed by atoms with Crippen LogP contribution in [-0.4, -0.2) is 41.8 Å². The summed E-state index contributed by atoms with van der Waals surface area (Å²) in [6.07, 6.45) is 0.992. The van der Waals surface area contributed by atoms with E-state index in [0.29, 0.717) is 25.2 Å². The lowest BCUT2D eigenvalue weighted by molar-refractivity contribution is -0.142. The van der Waals surface area contributed by atoms with Crippen LogP contribution in [0.3, 0.4) is 0 Å². The van der Waals surface area contributed by atoms with Crippen LogP contribution in [0.15, 0.2) is 48.5 Å². The van der Waals surface area contributed by atoms with Crippen LogP contribution >= 0.6 is 0 Å². The quantitative estimate of drug-likeness (QED) is 0.445. The Balaban J connectivity index is 1.54. The maximum atomic E-state index is 12.5. The van der Waals surface area contributed by atoms with Crippen molar-refractivity contribution in [2.75, 3.05) is 6.61 Å². The molecule has 2 aromatic carbocycles. The van der Waals surface area contributed by atoms with E-state index in [1.165, 1.54) is 0 Å². The summed E-state index contributed by atoms with van der Waals surface area (Å²) in [5.74, 6) is -1.15. The summed E-state index contributed by atoms with van der Waals surface area (Å²) in [5, 5.41) is 14.7. The number of carboxylic acid groups (broad SMARTS) is 1. The highest BCUT2D eigenvalue weighted by Crippen LogP contribution is 2.44. The summed E-state index contributed by atoms with van der Waals surface area (Å²) in [6.45, 7) is 6.06. The summed E-state index contributed by atoms with van der Waals surface area (Å²) in [5.41, 5.74) is 4.56. The first-order valence-electron chi connectivity index (χ1n) is 11.9. The molecule has 3 N–H and O–H groups in total. The van der Waals surface area contributed by atoms with E-state index in [4.69, 9.17) is 4.74 Å². The van der Waals surface area contributed by atoms with E-state index in [2.05, 4.69) is 34.9 Å². The lowest BCUT2D eigenvalue weighted by Gasteiger charge is -2.20. The number of amides is 2. The summed E-state index contributed by atoms with van der Waals surface area (Å²) >= 11 is 0. The van der Waals surface area contributed by atoms with E-state index in [9.17, 15) is 19.5 Å². The van der Waals surface area contributed by atoms with Crippen molar-refractivity contribution in [2.45, 2.75) is 64.5 Å². The number of carbonyl (C=O) groups excluding carboxylic acids is 2. The van der Waals surface area contributed by atoms with Crippen LogP contribution in [0.4, 0.5) is 4.79 Å². The van der Waals surface area contributed by atoms with Gasteiger partial charge < -0.3 is 20.5 Å². The van der Waals surface area contributed by atoms with Gasteiger partial charge in [-0.15, -0.1) is 0 Å². The Labute approximate surface area is 200 Å². The molecule has 2 amide bonds. The van der Waals surface area contributed by atoms with Crippen molar-refractivity contribution in [1.82, 2.24) is 10.6 Å². The third kappa shape index (κ3) is 6.37. The molecule has 7 heteroatoms. The molecule has 2 atom stereocenters. The van der Waals surface area contributed by atoms with Crippen molar-refractivity contribution in [3.05, 3.63) is 59.7 Å². The highest BCUT2D eigenvalue weighted by Gasteiger charge is 2.29. The van der Waals surface area contributed by atoms with Gasteiger partial charge in [-0.25, -0.2) is 9.59 Å². The number of nitrogens with one attached hydrogen (secondary N) is 2. The molecule has 7 nitrogen and oxygen atoms in total. The summed E-state index contributed by atoms with van der Waals surface area (Å²) in [7, 11) is 0. The average Bonchev–Trinajstić information content (AvgIpc) is 3.13. The second kappa shape index (κ2) is 11.7. The minimum absolute atomic E-state index is 0.00778. The van der Waals surface area contributed by atoms with Gasteiger partial charge >= 0.3 is 12.1 Å². The molecule has 3 rings (SSSR count). The van der Waals surface area contributed by atoms with Gasteiger partial charge in [-0.3, -0.25) is 4.79 Å². The maximum absolute atomic E-state index is 12.5. The Morgan fingerprint density at radius 3 is 2.06 bits per heavy atom. The van der Waals surface area contributed by atoms with Gasteiger partial charge in [-0.1, -0.05) is 69.3 Å². The molecular formula is C27H34N2O5. The van der Waals surface area contributed by atoms with E-state index in [-0.39, 0.29) is 18.9 Å². The molecule has 2 aromatic rings. The number of carboxylic acids is 1. The number of ether oxygens (including phenoxy) is 1. The molecule has 182 valence electrons. The zero-order chi connectivity index (χ0) is 24.7. The van der Waals surface area contributed by atoms with E-state index >= 15 is 0 Å². The average molecular weight is 467 g/mol. The summed E-state index contributed by atoms with van der Waals surface area (Å²) < 4.78 is 5.56. The van der Waals surface area contributed by atoms with Crippen LogP contribution in [-0.2, 0) is 14.3 Å². The van der Waals surface area contributed by atoms with Crippen molar-refractivity contribution in [2.24, 2.45) is 5.92 Å². The van der Waals surface area contributed by atoms with E-state index in [1.807, 2.05) is 45.0 Å². The molecule has 0 radical (unpaired) electrons. The fraction of sp³-hybridized carbons (Fsp3) is 0.444. The molecule has 0 bridgehead atoms. The zero-order valence-electron chi connectivity index (χ0n) is 20.0. The second-order valence-electron chi connectivity index (χ2n) is 9.21. The monoisotopic (exact) mass is 466 g/mol. The van der Waals surface area contributed by atoms with Gasteiger partial charge in [0.15, 0.2) is 0 Å². The zero-order valence-corrected chi connectivity index (χ0v) is 20.0. The first kappa shape index (κ1) is 25.3. The van der Waals surface area contributed by atoms with Gasteiger partial charge in [0.05, 0.1) is 0 Å². The number of alkyl carbamates (subject to hydrolysis) is 1. The normalized spacial score (nSPS) is 14.1. The summed E-state index contributed by atoms with van der Waals surface area (Å²) in [4.78, 5) is 36.4. The third-order valence-electron chi connectivity index (χ3n) is 6.26. The van der Waals surface area contributed by atoms with Gasteiger partial charge in [0.1, 0.15) is 12.6 Å². The van der Waals surface area contributed by atoms with Crippen molar-refractivity contribution >= 4 is 18.0 Å². The number of carbonyl (C=O) groups is 3. The molecule has 0 fully saturated rings. The predicted molar refractivity (Wildman–Crippen MR) is 131 cm³/mol. The molecule has 1 aliphatic rings. The minimum atomic E-state index is -1.05. The molecule has 34 heavy (non-hydrogen) atoms. The first-order valence-corrected chi connectivity index (χ1v) is 11.9. The number of aliphatic carboxylic acids is 1. The molecule has 0 heterocycles. The highest BCUT2D eigenvalue weighted by molar-refractivity contribution is 5.84. The number of hydrogen-bond acceptors (Lipinski definition) is 4. The second-order valence-corrected chi connectivity index (χ2v) is 9.21. The van der Waals surface area contributed by atoms with Crippen molar-refractivity contribution < 1.29 is 24.2 Å². The van der Waals surface area contributed by atoms with Crippen molar-refractivity contribution in [1.29, 1.82) is 0 Å². The Morgan fingerprint density at radius 1 is 0.941 bits per heavy atom. The molecule has 1 unspecified atom stereocenters. The number of benzene rings is 2. The number of fused-ring (bicyclic) bond motifs is 3. The largest absolute Gasteiger partial charge is 0.480 e. The van der Waals surface area contributed by atoms with E-state index in [1.54, 1.807) is 0 Å². The first-order chi connectivity index (χ1) is 16.3. The number of rotatable bonds is 11. The van der Waals surface area contributed by atoms with E-state index < -0.39 is 30.1 Å². The SMILES string of the molecule is CC[C@H](CC(=O)NC(CCC(C)C)C(=O)O)NC(=O)OCC1c2ccccc2-c2ccccc21. The number of hydrogen-bond donors (Lipinski definition) is 3. The van der Waals surface area contributed by atoms with Crippen LogP contribution in [0.25, 0.3) is 11.1 Å². The van der Waals surface area contributed by atoms with E-state index in [0.717, 1.165) is 22.3 Å². The van der Waals surface area contributed by atoms with Crippen LogP contribution < -0.4 is 10.6 Å². The molecule has 1 aliphatic carbocycles. The van der Waals surface area contributed by atoms with Crippen molar-refractivity contribution in [3.63, 3.8) is 0 Å². The van der Waals surface area contributed by atoms with Crippen LogP contribution in [0, 0.1) is 5.92 Å². The third-order valence-corrected chi connectivity index (χ3v) is 6.26. The Morgan fingerprint density at radius 2 is 1.53 bits per heavy atom. The van der Waals surface area contributed by atoms with Gasteiger partial charge in [-0.05, 0) is 47.4 Å². The Kier molecular flexibility index (Phi) is 8.68. The molecule has 0 saturated carbocycles. The van der Waals surface area contributed by atoms with Gasteiger partial charge in [0.2, 0.25) is 5.91 Å². The predicted octanol–water partition coefficient (Wildman–Crippen LogP) is 4.70. The van der Waals surface area contributed by atoms with Crippen LogP contribution in [0.2, 0.25) is 0 Å². The molecule has 0 aliphatic heterocycles. The fourth-order valence-corrected chi connectivity index (χ4v) is 4.34. The van der Waals surface area contributed by atoms with Gasteiger partial charge in [-0.2, -0.15) is 0 Å². The van der Waals surface area contributed by atoms with Gasteiger partial charge in [0.25, 0.3) is 0 Å². The molecule has 0 spiro atoms. The highest BCUT2D eigenvalue weighted by atomic mass is 16.5. The van der Waals surface area contributed by atoms with Crippen LogP contribution in [0.5, 0.6) is 0 Å². The lowest BCUT2D eigenvalue weighted by Crippen LogP contribution is -2.44. The Bertz CT molecular complexity index is 974. The lowest BCUT2D eigenvalue weighted by atomic mass is 9.98. The summed E-state index contributed by atoms with van der Waals surface area (Å²) in [6, 6.07) is 14.8. The smallest absolute Gasteiger partial charge is 0.407 e. The topological polar surface area (TPSA) is 105 Å². The van der Waals surface area contributed by atoms with Crippen LogP contribution in [0.1, 0.15) is 63.5 Å². The molecule has 0 saturated heterocycles. The fourth-order valence-electron chi connectivity index (χ4n) is 4.34. The Hall–Kier alpha value is -3.35. The standard InChI is InChI=1S/C27H34N2O5/c1-4-18(15-25(30)29-24(26(31)32)14-13-17(2)3)28-27(33)34-16-23-21-11-7-5-9-19(21)20-10-6-8-12-22(20)23/h5-12,17-18,23-24H,4,13-16H2,1-3H3,(H,28,33)(H,29,30)(H,31,32)/t18-,24?/m1/s1. The van der Waals surface area contributed by atoms with Gasteiger partial charge in [0, 0.05) is 18.4 Å². The minimum Gasteiger partial charge on any atom is -0.480 e. The van der Waals surface area contributed by atoms with Crippen molar-refractivity contribution in [3.8, 4) is 11.1 Å². The molecule has 0 aromatic heterocycles. The molecular weight excluding hydrogens is 432 g/mol. The maximum Gasteiger partial charge on any atom is 0.407 e.